The molecular weight excluding hydrogens is 260 g/mol. The summed E-state index contributed by atoms with van der Waals surface area (Å²) in [6, 6.07) is 9.45. The first-order valence-electron chi connectivity index (χ1n) is 6.40. The van der Waals surface area contributed by atoms with Crippen LogP contribution in [0.2, 0.25) is 0 Å². The molecule has 1 atom stereocenters. The van der Waals surface area contributed by atoms with Gasteiger partial charge >= 0.3 is 0 Å². The monoisotopic (exact) mass is 277 g/mol. The van der Waals surface area contributed by atoms with Gasteiger partial charge in [-0.25, -0.2) is 8.78 Å². The summed E-state index contributed by atoms with van der Waals surface area (Å²) in [6.45, 7) is 4.20. The van der Waals surface area contributed by atoms with Crippen molar-refractivity contribution in [2.24, 2.45) is 5.73 Å². The van der Waals surface area contributed by atoms with Crippen LogP contribution in [-0.4, -0.2) is 6.54 Å². The molecule has 1 unspecified atom stereocenters. The van der Waals surface area contributed by atoms with Crippen LogP contribution in [0, 0.1) is 25.5 Å². The first-order chi connectivity index (χ1) is 9.51. The van der Waals surface area contributed by atoms with Gasteiger partial charge in [0.05, 0.1) is 0 Å². The lowest BCUT2D eigenvalue weighted by molar-refractivity contribution is 0.212. The Morgan fingerprint density at radius 3 is 2.45 bits per heavy atom. The summed E-state index contributed by atoms with van der Waals surface area (Å²) in [5.74, 6) is -1.56. The van der Waals surface area contributed by atoms with Crippen LogP contribution in [0.25, 0.3) is 0 Å². The fourth-order valence-electron chi connectivity index (χ4n) is 2.06. The Bertz CT molecular complexity index is 613. The fraction of sp³-hybridized carbons (Fsp3) is 0.250. The summed E-state index contributed by atoms with van der Waals surface area (Å²) in [5.41, 5.74) is 8.85. The summed E-state index contributed by atoms with van der Waals surface area (Å²) in [7, 11) is 0. The van der Waals surface area contributed by atoms with E-state index in [9.17, 15) is 8.78 Å². The molecule has 0 radical (unpaired) electrons. The van der Waals surface area contributed by atoms with E-state index >= 15 is 0 Å². The second kappa shape index (κ2) is 6.01. The Hall–Kier alpha value is -1.94. The molecule has 106 valence electrons. The van der Waals surface area contributed by atoms with Gasteiger partial charge in [0.2, 0.25) is 0 Å². The summed E-state index contributed by atoms with van der Waals surface area (Å²) >= 11 is 0. The molecule has 0 saturated heterocycles. The highest BCUT2D eigenvalue weighted by Gasteiger charge is 2.15. The normalized spacial score (nSPS) is 12.2. The molecule has 2 aromatic carbocycles. The van der Waals surface area contributed by atoms with E-state index in [1.54, 1.807) is 0 Å². The molecule has 0 aliphatic rings. The number of ether oxygens (including phenoxy) is 1. The Labute approximate surface area is 117 Å². The van der Waals surface area contributed by atoms with Crippen LogP contribution < -0.4 is 10.5 Å². The molecule has 4 heteroatoms. The van der Waals surface area contributed by atoms with Gasteiger partial charge in [-0.05, 0) is 37.1 Å². The molecule has 0 aliphatic carbocycles. The van der Waals surface area contributed by atoms with Crippen molar-refractivity contribution in [3.63, 3.8) is 0 Å². The van der Waals surface area contributed by atoms with Gasteiger partial charge in [-0.1, -0.05) is 23.8 Å². The van der Waals surface area contributed by atoms with Gasteiger partial charge in [0.1, 0.15) is 11.9 Å². The minimum atomic E-state index is -0.931. The van der Waals surface area contributed by atoms with E-state index in [1.807, 2.05) is 32.0 Å². The molecular formula is C16H17F2NO. The Kier molecular flexibility index (Phi) is 4.35. The second-order valence-corrected chi connectivity index (χ2v) is 4.78. The Balaban J connectivity index is 2.28. The van der Waals surface area contributed by atoms with Crippen LogP contribution in [0.5, 0.6) is 5.75 Å². The highest BCUT2D eigenvalue weighted by atomic mass is 19.2. The SMILES string of the molecule is Cc1ccc(C)c(C(CN)Oc2ccc(F)c(F)c2)c1. The molecule has 20 heavy (non-hydrogen) atoms. The standard InChI is InChI=1S/C16H17F2NO/c1-10-3-4-11(2)13(7-10)16(9-19)20-12-5-6-14(17)15(18)8-12/h3-8,16H,9,19H2,1-2H3. The summed E-state index contributed by atoms with van der Waals surface area (Å²) in [4.78, 5) is 0. The van der Waals surface area contributed by atoms with Crippen LogP contribution >= 0.6 is 0 Å². The van der Waals surface area contributed by atoms with Crippen LogP contribution in [0.4, 0.5) is 8.78 Å². The smallest absolute Gasteiger partial charge is 0.162 e. The molecule has 0 fully saturated rings. The van der Waals surface area contributed by atoms with E-state index in [4.69, 9.17) is 10.5 Å². The van der Waals surface area contributed by atoms with Crippen molar-refractivity contribution in [2.75, 3.05) is 6.54 Å². The lowest BCUT2D eigenvalue weighted by Gasteiger charge is -2.20. The predicted octanol–water partition coefficient (Wildman–Crippen LogP) is 3.66. The quantitative estimate of drug-likeness (QED) is 0.925. The molecule has 0 heterocycles. The number of benzene rings is 2. The maximum Gasteiger partial charge on any atom is 0.162 e. The summed E-state index contributed by atoms with van der Waals surface area (Å²) in [6.07, 6.45) is -0.389. The molecule has 2 N–H and O–H groups in total. The van der Waals surface area contributed by atoms with Crippen molar-refractivity contribution < 1.29 is 13.5 Å². The van der Waals surface area contributed by atoms with Gasteiger partial charge in [0.15, 0.2) is 11.6 Å². The average Bonchev–Trinajstić information content (AvgIpc) is 2.43. The fourth-order valence-corrected chi connectivity index (χ4v) is 2.06. The van der Waals surface area contributed by atoms with Gasteiger partial charge in [-0.15, -0.1) is 0 Å². The van der Waals surface area contributed by atoms with E-state index < -0.39 is 11.6 Å². The third-order valence-electron chi connectivity index (χ3n) is 3.17. The predicted molar refractivity (Wildman–Crippen MR) is 74.7 cm³/mol. The number of hydrogen-bond donors (Lipinski definition) is 1. The summed E-state index contributed by atoms with van der Waals surface area (Å²) in [5, 5.41) is 0. The summed E-state index contributed by atoms with van der Waals surface area (Å²) < 4.78 is 31.8. The van der Waals surface area contributed by atoms with Gasteiger partial charge in [-0.2, -0.15) is 0 Å². The highest BCUT2D eigenvalue weighted by Crippen LogP contribution is 2.25. The number of halogens is 2. The number of rotatable bonds is 4. The molecule has 2 rings (SSSR count). The number of nitrogens with two attached hydrogens (primary N) is 1. The van der Waals surface area contributed by atoms with E-state index in [1.165, 1.54) is 6.07 Å². The van der Waals surface area contributed by atoms with Gasteiger partial charge in [-0.3, -0.25) is 0 Å². The molecule has 0 aromatic heterocycles. The van der Waals surface area contributed by atoms with Crippen LogP contribution in [0.15, 0.2) is 36.4 Å². The Morgan fingerprint density at radius 1 is 1.05 bits per heavy atom. The third-order valence-corrected chi connectivity index (χ3v) is 3.17. The molecule has 0 bridgehead atoms. The molecule has 0 spiro atoms. The van der Waals surface area contributed by atoms with E-state index in [0.717, 1.165) is 28.8 Å². The lowest BCUT2D eigenvalue weighted by atomic mass is 10.0. The zero-order valence-corrected chi connectivity index (χ0v) is 11.5. The van der Waals surface area contributed by atoms with Gasteiger partial charge in [0, 0.05) is 12.6 Å². The first-order valence-corrected chi connectivity index (χ1v) is 6.40. The van der Waals surface area contributed by atoms with Gasteiger partial charge < -0.3 is 10.5 Å². The zero-order chi connectivity index (χ0) is 14.7. The van der Waals surface area contributed by atoms with Crippen molar-refractivity contribution in [3.05, 3.63) is 64.7 Å². The largest absolute Gasteiger partial charge is 0.484 e. The van der Waals surface area contributed by atoms with Gasteiger partial charge in [0.25, 0.3) is 0 Å². The van der Waals surface area contributed by atoms with E-state index in [0.29, 0.717) is 0 Å². The minimum absolute atomic E-state index is 0.253. The maximum atomic E-state index is 13.2. The molecule has 2 aromatic rings. The maximum absolute atomic E-state index is 13.2. The van der Waals surface area contributed by atoms with Crippen molar-refractivity contribution >= 4 is 0 Å². The van der Waals surface area contributed by atoms with E-state index in [-0.39, 0.29) is 18.4 Å². The number of hydrogen-bond acceptors (Lipinski definition) is 2. The topological polar surface area (TPSA) is 35.2 Å². The van der Waals surface area contributed by atoms with Crippen LogP contribution in [0.1, 0.15) is 22.8 Å². The molecule has 2 nitrogen and oxygen atoms in total. The Morgan fingerprint density at radius 2 is 1.80 bits per heavy atom. The van der Waals surface area contributed by atoms with Crippen LogP contribution in [0.3, 0.4) is 0 Å². The van der Waals surface area contributed by atoms with E-state index in [2.05, 4.69) is 0 Å². The molecule has 0 saturated carbocycles. The molecule has 0 aliphatic heterocycles. The van der Waals surface area contributed by atoms with Crippen molar-refractivity contribution in [1.29, 1.82) is 0 Å². The van der Waals surface area contributed by atoms with Crippen molar-refractivity contribution in [3.8, 4) is 5.75 Å². The second-order valence-electron chi connectivity index (χ2n) is 4.78. The molecule has 0 amide bonds. The lowest BCUT2D eigenvalue weighted by Crippen LogP contribution is -2.19. The van der Waals surface area contributed by atoms with Crippen molar-refractivity contribution in [2.45, 2.75) is 20.0 Å². The third kappa shape index (κ3) is 3.14. The minimum Gasteiger partial charge on any atom is -0.484 e. The zero-order valence-electron chi connectivity index (χ0n) is 11.5. The van der Waals surface area contributed by atoms with Crippen molar-refractivity contribution in [1.82, 2.24) is 0 Å². The first kappa shape index (κ1) is 14.5. The van der Waals surface area contributed by atoms with Crippen LogP contribution in [-0.2, 0) is 0 Å². The highest BCUT2D eigenvalue weighted by molar-refractivity contribution is 5.34. The average molecular weight is 277 g/mol. The number of aryl methyl sites for hydroxylation is 2.